The Labute approximate surface area is 88.4 Å². The fourth-order valence-corrected chi connectivity index (χ4v) is 1.17. The first-order chi connectivity index (χ1) is 6.50. The molecule has 1 N–H and O–H groups in total. The summed E-state index contributed by atoms with van der Waals surface area (Å²) in [4.78, 5) is 10.6. The summed E-state index contributed by atoms with van der Waals surface area (Å²) < 4.78 is 24.6. The molecule has 0 unspecified atom stereocenters. The second-order valence-corrected chi connectivity index (χ2v) is 3.61. The van der Waals surface area contributed by atoms with Crippen molar-refractivity contribution in [1.29, 1.82) is 0 Å². The number of carbonyl (C=O) groups excluding carboxylic acids is 1. The first-order valence-electron chi connectivity index (χ1n) is 3.86. The van der Waals surface area contributed by atoms with Crippen LogP contribution in [0, 0.1) is 6.92 Å². The van der Waals surface area contributed by atoms with Gasteiger partial charge in [-0.3, -0.25) is 4.79 Å². The number of hydrogen-bond acceptors (Lipinski definition) is 1. The van der Waals surface area contributed by atoms with Crippen molar-refractivity contribution >= 4 is 27.5 Å². The monoisotopic (exact) mass is 263 g/mol. The molecule has 0 aliphatic carbocycles. The van der Waals surface area contributed by atoms with Crippen molar-refractivity contribution in [2.75, 3.05) is 5.32 Å². The lowest BCUT2D eigenvalue weighted by molar-refractivity contribution is -0.126. The van der Waals surface area contributed by atoms with Crippen molar-refractivity contribution in [3.63, 3.8) is 0 Å². The quantitative estimate of drug-likeness (QED) is 0.874. The fraction of sp³-hybridized carbons (Fsp3) is 0.222. The van der Waals surface area contributed by atoms with Crippen LogP contribution in [0.15, 0.2) is 22.7 Å². The number of nitrogens with one attached hydrogen (secondary N) is 1. The Kier molecular flexibility index (Phi) is 3.57. The zero-order valence-corrected chi connectivity index (χ0v) is 8.94. The van der Waals surface area contributed by atoms with E-state index in [0.717, 1.165) is 10.0 Å². The molecular weight excluding hydrogens is 256 g/mol. The van der Waals surface area contributed by atoms with Crippen LogP contribution in [0.25, 0.3) is 0 Å². The minimum absolute atomic E-state index is 0.371. The maximum Gasteiger partial charge on any atom is 0.315 e. The van der Waals surface area contributed by atoms with Crippen LogP contribution >= 0.6 is 15.9 Å². The Morgan fingerprint density at radius 1 is 1.50 bits per heavy atom. The molecule has 76 valence electrons. The summed E-state index contributed by atoms with van der Waals surface area (Å²) in [5.74, 6) is -1.29. The van der Waals surface area contributed by atoms with Gasteiger partial charge in [-0.05, 0) is 30.7 Å². The predicted molar refractivity (Wildman–Crippen MR) is 53.5 cm³/mol. The SMILES string of the molecule is Cc1cc(NC(=O)C(F)F)ccc1Br. The Bertz CT molecular complexity index is 355. The molecule has 0 atom stereocenters. The minimum Gasteiger partial charge on any atom is -0.321 e. The van der Waals surface area contributed by atoms with E-state index in [1.165, 1.54) is 0 Å². The number of carbonyl (C=O) groups is 1. The van der Waals surface area contributed by atoms with Gasteiger partial charge in [-0.1, -0.05) is 15.9 Å². The summed E-state index contributed by atoms with van der Waals surface area (Å²) in [6.07, 6.45) is -2.99. The molecule has 1 aromatic rings. The smallest absolute Gasteiger partial charge is 0.315 e. The van der Waals surface area contributed by atoms with Gasteiger partial charge in [0.1, 0.15) is 0 Å². The highest BCUT2D eigenvalue weighted by molar-refractivity contribution is 9.10. The van der Waals surface area contributed by atoms with Gasteiger partial charge in [0.15, 0.2) is 0 Å². The van der Waals surface area contributed by atoms with E-state index < -0.39 is 12.3 Å². The molecule has 1 aromatic carbocycles. The van der Waals surface area contributed by atoms with Crippen LogP contribution in [-0.2, 0) is 4.79 Å². The number of benzene rings is 1. The van der Waals surface area contributed by atoms with Gasteiger partial charge in [0, 0.05) is 10.2 Å². The summed E-state index contributed by atoms with van der Waals surface area (Å²) in [5, 5.41) is 2.10. The van der Waals surface area contributed by atoms with Crippen LogP contribution in [0.3, 0.4) is 0 Å². The molecular formula is C9H8BrF2NO. The molecule has 2 nitrogen and oxygen atoms in total. The van der Waals surface area contributed by atoms with Crippen LogP contribution < -0.4 is 5.32 Å². The first-order valence-corrected chi connectivity index (χ1v) is 4.65. The maximum atomic E-state index is 11.9. The van der Waals surface area contributed by atoms with Gasteiger partial charge in [0.2, 0.25) is 0 Å². The summed E-state index contributed by atoms with van der Waals surface area (Å²) in [7, 11) is 0. The molecule has 0 aliphatic rings. The molecule has 0 heterocycles. The molecule has 0 aromatic heterocycles. The van der Waals surface area contributed by atoms with Gasteiger partial charge in [0.25, 0.3) is 5.91 Å². The number of rotatable bonds is 2. The summed E-state index contributed by atoms with van der Waals surface area (Å²) in [6.45, 7) is 1.81. The molecule has 0 aliphatic heterocycles. The Balaban J connectivity index is 2.78. The van der Waals surface area contributed by atoms with E-state index >= 15 is 0 Å². The van der Waals surface area contributed by atoms with Crippen molar-refractivity contribution in [2.24, 2.45) is 0 Å². The van der Waals surface area contributed by atoms with Gasteiger partial charge in [0.05, 0.1) is 0 Å². The molecule has 0 saturated heterocycles. The van der Waals surface area contributed by atoms with E-state index in [2.05, 4.69) is 21.2 Å². The van der Waals surface area contributed by atoms with Gasteiger partial charge in [-0.2, -0.15) is 8.78 Å². The second kappa shape index (κ2) is 4.50. The van der Waals surface area contributed by atoms with Gasteiger partial charge in [-0.15, -0.1) is 0 Å². The third kappa shape index (κ3) is 2.77. The van der Waals surface area contributed by atoms with Crippen LogP contribution in [0.4, 0.5) is 14.5 Å². The Morgan fingerprint density at radius 3 is 2.64 bits per heavy atom. The topological polar surface area (TPSA) is 29.1 Å². The van der Waals surface area contributed by atoms with E-state index in [1.807, 2.05) is 6.92 Å². The largest absolute Gasteiger partial charge is 0.321 e. The van der Waals surface area contributed by atoms with Gasteiger partial charge >= 0.3 is 6.43 Å². The number of amides is 1. The lowest BCUT2D eigenvalue weighted by Crippen LogP contribution is -2.20. The summed E-state index contributed by atoms with van der Waals surface area (Å²) in [5.41, 5.74) is 1.24. The number of halogens is 3. The number of hydrogen-bond donors (Lipinski definition) is 1. The van der Waals surface area contributed by atoms with Crippen molar-refractivity contribution in [3.8, 4) is 0 Å². The number of anilines is 1. The molecule has 14 heavy (non-hydrogen) atoms. The molecule has 0 bridgehead atoms. The van der Waals surface area contributed by atoms with E-state index in [1.54, 1.807) is 18.2 Å². The van der Waals surface area contributed by atoms with E-state index in [4.69, 9.17) is 0 Å². The third-order valence-corrected chi connectivity index (χ3v) is 2.51. The minimum atomic E-state index is -2.99. The summed E-state index contributed by atoms with van der Waals surface area (Å²) >= 11 is 3.26. The second-order valence-electron chi connectivity index (χ2n) is 2.75. The lowest BCUT2D eigenvalue weighted by Gasteiger charge is -2.05. The van der Waals surface area contributed by atoms with Crippen LogP contribution in [0.5, 0.6) is 0 Å². The highest BCUT2D eigenvalue weighted by Gasteiger charge is 2.14. The van der Waals surface area contributed by atoms with E-state index in [-0.39, 0.29) is 0 Å². The van der Waals surface area contributed by atoms with Crippen LogP contribution in [-0.4, -0.2) is 12.3 Å². The van der Waals surface area contributed by atoms with Crippen LogP contribution in [0.1, 0.15) is 5.56 Å². The first kappa shape index (κ1) is 11.1. The third-order valence-electron chi connectivity index (χ3n) is 1.62. The molecule has 5 heteroatoms. The van der Waals surface area contributed by atoms with Gasteiger partial charge < -0.3 is 5.32 Å². The highest BCUT2D eigenvalue weighted by atomic mass is 79.9. The standard InChI is InChI=1S/C9H8BrF2NO/c1-5-4-6(2-3-7(5)10)13-9(14)8(11)12/h2-4,8H,1H3,(H,13,14). The van der Waals surface area contributed by atoms with Gasteiger partial charge in [-0.25, -0.2) is 0 Å². The predicted octanol–water partition coefficient (Wildman–Crippen LogP) is 2.96. The van der Waals surface area contributed by atoms with Crippen molar-refractivity contribution in [3.05, 3.63) is 28.2 Å². The Morgan fingerprint density at radius 2 is 2.14 bits per heavy atom. The molecule has 0 fully saturated rings. The Hall–Kier alpha value is -0.970. The molecule has 0 spiro atoms. The van der Waals surface area contributed by atoms with Crippen molar-refractivity contribution in [2.45, 2.75) is 13.3 Å². The van der Waals surface area contributed by atoms with E-state index in [9.17, 15) is 13.6 Å². The lowest BCUT2D eigenvalue weighted by atomic mass is 10.2. The number of aryl methyl sites for hydroxylation is 1. The maximum absolute atomic E-state index is 11.9. The zero-order valence-electron chi connectivity index (χ0n) is 7.35. The van der Waals surface area contributed by atoms with Crippen LogP contribution in [0.2, 0.25) is 0 Å². The average molecular weight is 264 g/mol. The summed E-state index contributed by atoms with van der Waals surface area (Å²) in [6, 6.07) is 4.86. The molecule has 0 radical (unpaired) electrons. The average Bonchev–Trinajstić information content (AvgIpc) is 2.11. The molecule has 1 amide bonds. The normalized spacial score (nSPS) is 10.4. The molecule has 0 saturated carbocycles. The fourth-order valence-electron chi connectivity index (χ4n) is 0.919. The number of alkyl halides is 2. The van der Waals surface area contributed by atoms with Crippen molar-refractivity contribution < 1.29 is 13.6 Å². The van der Waals surface area contributed by atoms with E-state index in [0.29, 0.717) is 5.69 Å². The highest BCUT2D eigenvalue weighted by Crippen LogP contribution is 2.20. The zero-order chi connectivity index (χ0) is 10.7. The molecule has 1 rings (SSSR count). The van der Waals surface area contributed by atoms with Crippen molar-refractivity contribution in [1.82, 2.24) is 0 Å².